The van der Waals surface area contributed by atoms with Crippen LogP contribution in [0.3, 0.4) is 0 Å². The van der Waals surface area contributed by atoms with E-state index >= 15 is 0 Å². The van der Waals surface area contributed by atoms with Crippen LogP contribution in [0.15, 0.2) is 48.5 Å². The van der Waals surface area contributed by atoms with Crippen molar-refractivity contribution in [3.8, 4) is 5.75 Å². The summed E-state index contributed by atoms with van der Waals surface area (Å²) in [6.45, 7) is 13.3. The number of benzene rings is 2. The van der Waals surface area contributed by atoms with E-state index in [2.05, 4.69) is 50.5 Å². The summed E-state index contributed by atoms with van der Waals surface area (Å²) >= 11 is 0. The summed E-state index contributed by atoms with van der Waals surface area (Å²) in [6.07, 6.45) is 4.56. The molecule has 0 aliphatic heterocycles. The van der Waals surface area contributed by atoms with Crippen molar-refractivity contribution < 1.29 is 14.0 Å². The first kappa shape index (κ1) is 25.7. The van der Waals surface area contributed by atoms with Crippen molar-refractivity contribution in [2.45, 2.75) is 66.0 Å². The Morgan fingerprint density at radius 1 is 0.969 bits per heavy atom. The largest absolute Gasteiger partial charge is 0.487 e. The molecule has 0 saturated carbocycles. The quantitative estimate of drug-likeness (QED) is 0.376. The highest BCUT2D eigenvalue weighted by atomic mass is 16.5. The lowest BCUT2D eigenvalue weighted by molar-refractivity contribution is -0.949. The number of amides is 2. The van der Waals surface area contributed by atoms with E-state index in [4.69, 9.17) is 4.74 Å². The number of ether oxygens (including phenoxy) is 1. The third-order valence-electron chi connectivity index (χ3n) is 6.47. The molecule has 0 heterocycles. The fraction of sp³-hybridized carbons (Fsp3) is 0.519. The molecule has 2 aromatic rings. The lowest BCUT2D eigenvalue weighted by Gasteiger charge is -2.44. The highest BCUT2D eigenvalue weighted by Crippen LogP contribution is 2.28. The molecule has 0 fully saturated rings. The second-order valence-corrected chi connectivity index (χ2v) is 8.71. The average molecular weight is 441 g/mol. The zero-order chi connectivity index (χ0) is 23.4. The number of quaternary nitrogens is 1. The fourth-order valence-electron chi connectivity index (χ4n) is 4.50. The van der Waals surface area contributed by atoms with Crippen LogP contribution in [0.2, 0.25) is 0 Å². The molecule has 0 saturated heterocycles. The Bertz CT molecular complexity index is 817. The van der Waals surface area contributed by atoms with Crippen molar-refractivity contribution in [3.05, 3.63) is 59.7 Å². The number of nitrogens with zero attached hydrogens (tertiary/aromatic N) is 1. The van der Waals surface area contributed by atoms with Gasteiger partial charge in [0.2, 0.25) is 0 Å². The molecule has 5 nitrogen and oxygen atoms in total. The molecule has 1 unspecified atom stereocenters. The molecule has 0 spiro atoms. The molecule has 5 heteroatoms. The van der Waals surface area contributed by atoms with E-state index in [1.165, 1.54) is 37.9 Å². The predicted octanol–water partition coefficient (Wildman–Crippen LogP) is 5.99. The molecule has 2 aromatic carbocycles. The van der Waals surface area contributed by atoms with Crippen LogP contribution in [-0.2, 0) is 13.0 Å². The number of carbonyl (C=O) groups excluding carboxylic acids is 1. The maximum atomic E-state index is 12.1. The van der Waals surface area contributed by atoms with Crippen molar-refractivity contribution in [1.82, 2.24) is 5.32 Å². The number of rotatable bonds is 13. The molecular weight excluding hydrogens is 398 g/mol. The summed E-state index contributed by atoms with van der Waals surface area (Å²) in [5.74, 6) is 0.686. The van der Waals surface area contributed by atoms with Gasteiger partial charge < -0.3 is 19.9 Å². The van der Waals surface area contributed by atoms with E-state index in [0.29, 0.717) is 24.1 Å². The zero-order valence-electron chi connectivity index (χ0n) is 20.6. The second kappa shape index (κ2) is 13.1. The number of anilines is 1. The maximum Gasteiger partial charge on any atom is 0.319 e. The van der Waals surface area contributed by atoms with E-state index in [-0.39, 0.29) is 6.03 Å². The Hall–Kier alpha value is -2.53. The number of nitrogens with one attached hydrogen (secondary N) is 2. The lowest BCUT2D eigenvalue weighted by atomic mass is 10.0. The SMILES string of the molecule is CCC[N+](CCC)(CCc1ccc(OCc2ccccc2)c(NC(=O)NC)c1)C(C)CC. The van der Waals surface area contributed by atoms with Crippen LogP contribution >= 0.6 is 0 Å². The van der Waals surface area contributed by atoms with E-state index in [1.54, 1.807) is 7.05 Å². The Morgan fingerprint density at radius 3 is 2.25 bits per heavy atom. The lowest BCUT2D eigenvalue weighted by Crippen LogP contribution is -2.56. The number of carbonyl (C=O) groups is 1. The van der Waals surface area contributed by atoms with Crippen LogP contribution in [-0.4, -0.2) is 43.2 Å². The Labute approximate surface area is 194 Å². The molecule has 0 bridgehead atoms. The van der Waals surface area contributed by atoms with Crippen LogP contribution < -0.4 is 15.4 Å². The van der Waals surface area contributed by atoms with E-state index in [1.807, 2.05) is 36.4 Å². The standard InChI is InChI=1S/C27H41N3O2/c1-6-17-30(18-7-2,22(4)8-3)19-16-23-14-15-26(25(20-23)29-27(31)28-5)32-21-24-12-10-9-11-13-24/h9-15,20,22H,6-8,16-19,21H2,1-5H3,(H-,28,29,31)/p+1. The van der Waals surface area contributed by atoms with Gasteiger partial charge in [-0.2, -0.15) is 0 Å². The van der Waals surface area contributed by atoms with Gasteiger partial charge in [0, 0.05) is 13.5 Å². The molecule has 2 amide bonds. The first-order chi connectivity index (χ1) is 15.5. The second-order valence-electron chi connectivity index (χ2n) is 8.71. The van der Waals surface area contributed by atoms with Crippen molar-refractivity contribution in [2.75, 3.05) is 32.0 Å². The van der Waals surface area contributed by atoms with Gasteiger partial charge in [-0.25, -0.2) is 4.79 Å². The normalized spacial score (nSPS) is 12.3. The Morgan fingerprint density at radius 2 is 1.66 bits per heavy atom. The maximum absolute atomic E-state index is 12.1. The Balaban J connectivity index is 2.21. The summed E-state index contributed by atoms with van der Waals surface area (Å²) in [4.78, 5) is 12.1. The minimum atomic E-state index is -0.242. The highest BCUT2D eigenvalue weighted by molar-refractivity contribution is 5.90. The topological polar surface area (TPSA) is 50.4 Å². The minimum Gasteiger partial charge on any atom is -0.487 e. The van der Waals surface area contributed by atoms with Crippen LogP contribution in [0.4, 0.5) is 10.5 Å². The van der Waals surface area contributed by atoms with Crippen LogP contribution in [0.1, 0.15) is 58.1 Å². The molecule has 1 atom stereocenters. The van der Waals surface area contributed by atoms with Gasteiger partial charge in [-0.05, 0) is 49.4 Å². The smallest absolute Gasteiger partial charge is 0.319 e. The van der Waals surface area contributed by atoms with E-state index in [9.17, 15) is 4.79 Å². The van der Waals surface area contributed by atoms with Crippen molar-refractivity contribution in [2.24, 2.45) is 0 Å². The number of urea groups is 1. The molecular formula is C27H42N3O2+. The molecule has 176 valence electrons. The fourth-order valence-corrected chi connectivity index (χ4v) is 4.50. The third kappa shape index (κ3) is 7.27. The van der Waals surface area contributed by atoms with Gasteiger partial charge in [0.15, 0.2) is 0 Å². The predicted molar refractivity (Wildman–Crippen MR) is 134 cm³/mol. The third-order valence-corrected chi connectivity index (χ3v) is 6.47. The molecule has 2 rings (SSSR count). The number of hydrogen-bond acceptors (Lipinski definition) is 2. The molecule has 2 N–H and O–H groups in total. The van der Waals surface area contributed by atoms with Gasteiger partial charge in [0.25, 0.3) is 0 Å². The number of hydrogen-bond donors (Lipinski definition) is 2. The van der Waals surface area contributed by atoms with Crippen molar-refractivity contribution >= 4 is 11.7 Å². The molecule has 32 heavy (non-hydrogen) atoms. The molecule has 0 radical (unpaired) electrons. The van der Waals surface area contributed by atoms with Gasteiger partial charge in [-0.1, -0.05) is 57.2 Å². The van der Waals surface area contributed by atoms with Crippen molar-refractivity contribution in [1.29, 1.82) is 0 Å². The van der Waals surface area contributed by atoms with Gasteiger partial charge in [-0.3, -0.25) is 0 Å². The van der Waals surface area contributed by atoms with E-state index in [0.717, 1.165) is 23.0 Å². The zero-order valence-corrected chi connectivity index (χ0v) is 20.6. The summed E-state index contributed by atoms with van der Waals surface area (Å²) in [7, 11) is 1.62. The van der Waals surface area contributed by atoms with Crippen LogP contribution in [0.25, 0.3) is 0 Å². The van der Waals surface area contributed by atoms with Gasteiger partial charge >= 0.3 is 6.03 Å². The minimum absolute atomic E-state index is 0.242. The first-order valence-electron chi connectivity index (χ1n) is 12.1. The molecule has 0 aliphatic carbocycles. The summed E-state index contributed by atoms with van der Waals surface area (Å²) < 4.78 is 7.22. The highest BCUT2D eigenvalue weighted by Gasteiger charge is 2.31. The van der Waals surface area contributed by atoms with Crippen molar-refractivity contribution in [3.63, 3.8) is 0 Å². The summed E-state index contributed by atoms with van der Waals surface area (Å²) in [6, 6.07) is 16.7. The van der Waals surface area contributed by atoms with Crippen LogP contribution in [0, 0.1) is 0 Å². The molecule has 0 aliphatic rings. The summed E-state index contributed by atoms with van der Waals surface area (Å²) in [5, 5.41) is 5.58. The molecule has 0 aromatic heterocycles. The van der Waals surface area contributed by atoms with E-state index < -0.39 is 0 Å². The first-order valence-corrected chi connectivity index (χ1v) is 12.1. The van der Waals surface area contributed by atoms with Gasteiger partial charge in [-0.15, -0.1) is 0 Å². The average Bonchev–Trinajstić information content (AvgIpc) is 2.82. The summed E-state index contributed by atoms with van der Waals surface area (Å²) in [5.41, 5.74) is 3.03. The Kier molecular flexibility index (Phi) is 10.5. The van der Waals surface area contributed by atoms with Gasteiger partial charge in [0.1, 0.15) is 12.4 Å². The monoisotopic (exact) mass is 440 g/mol. The van der Waals surface area contributed by atoms with Gasteiger partial charge in [0.05, 0.1) is 31.4 Å². The van der Waals surface area contributed by atoms with Crippen LogP contribution in [0.5, 0.6) is 5.75 Å².